The topological polar surface area (TPSA) is 54.3 Å². The van der Waals surface area contributed by atoms with Gasteiger partial charge in [-0.25, -0.2) is 4.79 Å². The molecular weight excluding hydrogens is 276 g/mol. The zero-order valence-electron chi connectivity index (χ0n) is 12.8. The molecule has 2 N–H and O–H groups in total. The van der Waals surface area contributed by atoms with Gasteiger partial charge in [0.25, 0.3) is 0 Å². The molecule has 1 aromatic carbocycles. The maximum atomic E-state index is 12.1. The molecule has 0 saturated heterocycles. The Morgan fingerprint density at radius 1 is 1.32 bits per heavy atom. The Balaban J connectivity index is 1.46. The molecule has 1 aliphatic rings. The maximum absolute atomic E-state index is 12.1. The molecule has 0 radical (unpaired) electrons. The van der Waals surface area contributed by atoms with Crippen molar-refractivity contribution in [3.63, 3.8) is 0 Å². The molecule has 4 heteroatoms. The van der Waals surface area contributed by atoms with E-state index in [0.717, 1.165) is 31.4 Å². The van der Waals surface area contributed by atoms with Crippen LogP contribution >= 0.6 is 0 Å². The molecule has 1 heterocycles. The van der Waals surface area contributed by atoms with Crippen LogP contribution in [0.15, 0.2) is 47.1 Å². The van der Waals surface area contributed by atoms with Gasteiger partial charge in [-0.3, -0.25) is 0 Å². The van der Waals surface area contributed by atoms with Gasteiger partial charge in [0.1, 0.15) is 5.76 Å². The van der Waals surface area contributed by atoms with Crippen LogP contribution in [0.3, 0.4) is 0 Å². The standard InChI is InChI=1S/C18H22N2O2/c1-13(8-10-15-6-4-12-22-15)19-18(21)20-17-11-9-14-5-2-3-7-16(14)17/h2-7,12-13,17H,8-11H2,1H3,(H2,19,20,21)/t13-,17+/m1/s1. The summed E-state index contributed by atoms with van der Waals surface area (Å²) in [6, 6.07) is 12.3. The molecule has 3 rings (SSSR count). The van der Waals surface area contributed by atoms with Gasteiger partial charge in [0.15, 0.2) is 0 Å². The van der Waals surface area contributed by atoms with E-state index in [2.05, 4.69) is 28.8 Å². The Morgan fingerprint density at radius 2 is 2.18 bits per heavy atom. The molecule has 0 bridgehead atoms. The molecule has 22 heavy (non-hydrogen) atoms. The lowest BCUT2D eigenvalue weighted by Crippen LogP contribution is -2.42. The number of carbonyl (C=O) groups is 1. The van der Waals surface area contributed by atoms with Gasteiger partial charge in [-0.1, -0.05) is 24.3 Å². The summed E-state index contributed by atoms with van der Waals surface area (Å²) in [6.07, 6.45) is 5.39. The fraction of sp³-hybridized carbons (Fsp3) is 0.389. The summed E-state index contributed by atoms with van der Waals surface area (Å²) >= 11 is 0. The average molecular weight is 298 g/mol. The van der Waals surface area contributed by atoms with Crippen molar-refractivity contribution in [1.82, 2.24) is 10.6 Å². The molecule has 4 nitrogen and oxygen atoms in total. The molecule has 0 aliphatic heterocycles. The molecule has 1 aliphatic carbocycles. The van der Waals surface area contributed by atoms with E-state index < -0.39 is 0 Å². The summed E-state index contributed by atoms with van der Waals surface area (Å²) < 4.78 is 5.31. The van der Waals surface area contributed by atoms with E-state index in [-0.39, 0.29) is 18.1 Å². The number of fused-ring (bicyclic) bond motifs is 1. The van der Waals surface area contributed by atoms with E-state index >= 15 is 0 Å². The van der Waals surface area contributed by atoms with Gasteiger partial charge >= 0.3 is 6.03 Å². The SMILES string of the molecule is C[C@H](CCc1ccco1)NC(=O)N[C@H]1CCc2ccccc21. The number of aryl methyl sites for hydroxylation is 2. The molecule has 2 amide bonds. The van der Waals surface area contributed by atoms with E-state index in [1.165, 1.54) is 11.1 Å². The minimum Gasteiger partial charge on any atom is -0.469 e. The normalized spacial score (nSPS) is 17.8. The Labute approximate surface area is 130 Å². The van der Waals surface area contributed by atoms with E-state index in [1.807, 2.05) is 25.1 Å². The van der Waals surface area contributed by atoms with Crippen LogP contribution in [0.1, 0.15) is 42.7 Å². The highest BCUT2D eigenvalue weighted by molar-refractivity contribution is 5.75. The minimum atomic E-state index is -0.0892. The lowest BCUT2D eigenvalue weighted by molar-refractivity contribution is 0.233. The van der Waals surface area contributed by atoms with Gasteiger partial charge in [-0.2, -0.15) is 0 Å². The van der Waals surface area contributed by atoms with Crippen LogP contribution in [-0.2, 0) is 12.8 Å². The first-order valence-electron chi connectivity index (χ1n) is 7.89. The number of carbonyl (C=O) groups excluding carboxylic acids is 1. The number of nitrogens with one attached hydrogen (secondary N) is 2. The predicted octanol–water partition coefficient (Wildman–Crippen LogP) is 3.59. The number of urea groups is 1. The van der Waals surface area contributed by atoms with Crippen molar-refractivity contribution in [2.24, 2.45) is 0 Å². The monoisotopic (exact) mass is 298 g/mol. The first kappa shape index (κ1) is 14.7. The Hall–Kier alpha value is -2.23. The highest BCUT2D eigenvalue weighted by atomic mass is 16.3. The Kier molecular flexibility index (Phi) is 4.47. The first-order valence-corrected chi connectivity index (χ1v) is 7.89. The molecule has 2 aromatic rings. The number of benzene rings is 1. The summed E-state index contributed by atoms with van der Waals surface area (Å²) in [5.74, 6) is 0.957. The first-order chi connectivity index (χ1) is 10.7. The molecule has 0 unspecified atom stereocenters. The molecular formula is C18H22N2O2. The van der Waals surface area contributed by atoms with Crippen molar-refractivity contribution in [3.05, 3.63) is 59.5 Å². The van der Waals surface area contributed by atoms with Crippen LogP contribution in [0.5, 0.6) is 0 Å². The van der Waals surface area contributed by atoms with Crippen LogP contribution in [0.25, 0.3) is 0 Å². The second kappa shape index (κ2) is 6.69. The summed E-state index contributed by atoms with van der Waals surface area (Å²) in [7, 11) is 0. The summed E-state index contributed by atoms with van der Waals surface area (Å²) in [5.41, 5.74) is 2.60. The number of rotatable bonds is 5. The fourth-order valence-electron chi connectivity index (χ4n) is 3.02. The van der Waals surface area contributed by atoms with Crippen LogP contribution in [0.2, 0.25) is 0 Å². The Morgan fingerprint density at radius 3 is 3.00 bits per heavy atom. The highest BCUT2D eigenvalue weighted by Crippen LogP contribution is 2.30. The van der Waals surface area contributed by atoms with Gasteiger partial charge in [-0.15, -0.1) is 0 Å². The lowest BCUT2D eigenvalue weighted by atomic mass is 10.1. The maximum Gasteiger partial charge on any atom is 0.315 e. The zero-order chi connectivity index (χ0) is 15.4. The lowest BCUT2D eigenvalue weighted by Gasteiger charge is -2.18. The molecule has 2 atom stereocenters. The number of hydrogen-bond donors (Lipinski definition) is 2. The Bertz CT molecular complexity index is 622. The van der Waals surface area contributed by atoms with Gasteiger partial charge in [0, 0.05) is 12.5 Å². The van der Waals surface area contributed by atoms with E-state index in [1.54, 1.807) is 6.26 Å². The number of amides is 2. The quantitative estimate of drug-likeness (QED) is 0.886. The van der Waals surface area contributed by atoms with Crippen molar-refractivity contribution >= 4 is 6.03 Å². The van der Waals surface area contributed by atoms with E-state index in [9.17, 15) is 4.79 Å². The molecule has 0 spiro atoms. The van der Waals surface area contributed by atoms with Gasteiger partial charge < -0.3 is 15.1 Å². The second-order valence-electron chi connectivity index (χ2n) is 5.93. The summed E-state index contributed by atoms with van der Waals surface area (Å²) in [6.45, 7) is 2.02. The van der Waals surface area contributed by atoms with E-state index in [4.69, 9.17) is 4.42 Å². The number of hydrogen-bond acceptors (Lipinski definition) is 2. The number of furan rings is 1. The average Bonchev–Trinajstić information content (AvgIpc) is 3.15. The third-order valence-electron chi connectivity index (χ3n) is 4.22. The zero-order valence-corrected chi connectivity index (χ0v) is 12.8. The van der Waals surface area contributed by atoms with Gasteiger partial charge in [0.2, 0.25) is 0 Å². The molecule has 0 fully saturated rings. The summed E-state index contributed by atoms with van der Waals surface area (Å²) in [5, 5.41) is 6.09. The van der Waals surface area contributed by atoms with Crippen molar-refractivity contribution < 1.29 is 9.21 Å². The third-order valence-corrected chi connectivity index (χ3v) is 4.22. The highest BCUT2D eigenvalue weighted by Gasteiger charge is 2.23. The molecule has 116 valence electrons. The van der Waals surface area contributed by atoms with Crippen LogP contribution < -0.4 is 10.6 Å². The van der Waals surface area contributed by atoms with E-state index in [0.29, 0.717) is 0 Å². The van der Waals surface area contributed by atoms with Crippen molar-refractivity contribution in [2.45, 2.75) is 44.7 Å². The predicted molar refractivity (Wildman–Crippen MR) is 85.7 cm³/mol. The largest absolute Gasteiger partial charge is 0.469 e. The van der Waals surface area contributed by atoms with Crippen LogP contribution in [0, 0.1) is 0 Å². The van der Waals surface area contributed by atoms with Crippen molar-refractivity contribution in [1.29, 1.82) is 0 Å². The second-order valence-corrected chi connectivity index (χ2v) is 5.93. The third kappa shape index (κ3) is 3.50. The van der Waals surface area contributed by atoms with Gasteiger partial charge in [0.05, 0.1) is 12.3 Å². The molecule has 0 saturated carbocycles. The van der Waals surface area contributed by atoms with Crippen molar-refractivity contribution in [3.8, 4) is 0 Å². The fourth-order valence-corrected chi connectivity index (χ4v) is 3.02. The van der Waals surface area contributed by atoms with Crippen LogP contribution in [-0.4, -0.2) is 12.1 Å². The minimum absolute atomic E-state index is 0.0892. The van der Waals surface area contributed by atoms with Crippen molar-refractivity contribution in [2.75, 3.05) is 0 Å². The molecule has 1 aromatic heterocycles. The smallest absolute Gasteiger partial charge is 0.315 e. The van der Waals surface area contributed by atoms with Gasteiger partial charge in [-0.05, 0) is 49.4 Å². The van der Waals surface area contributed by atoms with Crippen LogP contribution in [0.4, 0.5) is 4.79 Å². The summed E-state index contributed by atoms with van der Waals surface area (Å²) in [4.78, 5) is 12.1.